The van der Waals surface area contributed by atoms with Crippen molar-refractivity contribution in [3.8, 4) is 0 Å². The van der Waals surface area contributed by atoms with E-state index in [9.17, 15) is 8.42 Å². The van der Waals surface area contributed by atoms with Crippen molar-refractivity contribution in [1.29, 1.82) is 0 Å². The summed E-state index contributed by atoms with van der Waals surface area (Å²) in [5.41, 5.74) is 0. The van der Waals surface area contributed by atoms with Gasteiger partial charge >= 0.3 is 0 Å². The summed E-state index contributed by atoms with van der Waals surface area (Å²) >= 11 is 0. The summed E-state index contributed by atoms with van der Waals surface area (Å²) < 4.78 is 38.0. The summed E-state index contributed by atoms with van der Waals surface area (Å²) in [6.45, 7) is 4.72. The van der Waals surface area contributed by atoms with Crippen LogP contribution in [0.1, 0.15) is 50.6 Å². The van der Waals surface area contributed by atoms with E-state index >= 15 is 0 Å². The molecule has 0 spiro atoms. The van der Waals surface area contributed by atoms with Gasteiger partial charge in [0.25, 0.3) is 0 Å². The lowest BCUT2D eigenvalue weighted by Gasteiger charge is -2.21. The van der Waals surface area contributed by atoms with Crippen LogP contribution in [0.15, 0.2) is 39.8 Å². The van der Waals surface area contributed by atoms with Crippen LogP contribution >= 0.6 is 0 Å². The highest BCUT2D eigenvalue weighted by atomic mass is 32.2. The molecule has 24 heavy (non-hydrogen) atoms. The molecule has 0 aliphatic carbocycles. The largest absolute Gasteiger partial charge is 0.371 e. The molecule has 2 aromatic rings. The molecule has 8 heteroatoms. The average molecular weight is 351 g/mol. The molecule has 1 aliphatic heterocycles. The monoisotopic (exact) mass is 351 g/mol. The molecule has 0 bridgehead atoms. The summed E-state index contributed by atoms with van der Waals surface area (Å²) in [4.78, 5) is 4.64. The maximum Gasteiger partial charge on any atom is 0.245 e. The molecule has 2 atom stereocenters. The average Bonchev–Trinajstić information content (AvgIpc) is 3.25. The van der Waals surface area contributed by atoms with Gasteiger partial charge < -0.3 is 9.26 Å². The maximum absolute atomic E-state index is 12.9. The second kappa shape index (κ2) is 7.00. The molecule has 1 fully saturated rings. The van der Waals surface area contributed by atoms with E-state index < -0.39 is 16.1 Å². The van der Waals surface area contributed by atoms with E-state index in [1.54, 1.807) is 30.3 Å². The van der Waals surface area contributed by atoms with Crippen LogP contribution in [0.5, 0.6) is 0 Å². The van der Waals surface area contributed by atoms with E-state index in [0.717, 1.165) is 6.42 Å². The highest BCUT2D eigenvalue weighted by Gasteiger charge is 2.39. The molecule has 3 rings (SSSR count). The third kappa shape index (κ3) is 3.22. The number of hydrogen-bond acceptors (Lipinski definition) is 6. The van der Waals surface area contributed by atoms with E-state index in [1.165, 1.54) is 4.31 Å². The van der Waals surface area contributed by atoms with Crippen molar-refractivity contribution in [2.24, 2.45) is 0 Å². The summed E-state index contributed by atoms with van der Waals surface area (Å²) in [6, 6.07) is 7.99. The topological polar surface area (TPSA) is 85.5 Å². The first kappa shape index (κ1) is 17.1. The van der Waals surface area contributed by atoms with Crippen LogP contribution in [0.2, 0.25) is 0 Å². The number of benzene rings is 1. The van der Waals surface area contributed by atoms with Crippen molar-refractivity contribution in [2.45, 2.75) is 43.7 Å². The van der Waals surface area contributed by atoms with E-state index in [0.29, 0.717) is 31.3 Å². The predicted octanol–water partition coefficient (Wildman–Crippen LogP) is 2.69. The lowest BCUT2D eigenvalue weighted by Crippen LogP contribution is -2.30. The van der Waals surface area contributed by atoms with Crippen LogP contribution in [0.4, 0.5) is 0 Å². The molecule has 1 aromatic carbocycles. The Morgan fingerprint density at radius 1 is 1.38 bits per heavy atom. The fourth-order valence-corrected chi connectivity index (χ4v) is 4.55. The summed E-state index contributed by atoms with van der Waals surface area (Å²) in [5, 5.41) is 3.94. The van der Waals surface area contributed by atoms with Gasteiger partial charge in [0.1, 0.15) is 12.1 Å². The minimum absolute atomic E-state index is 0.277. The van der Waals surface area contributed by atoms with Gasteiger partial charge in [-0.15, -0.1) is 0 Å². The minimum Gasteiger partial charge on any atom is -0.371 e. The van der Waals surface area contributed by atoms with Gasteiger partial charge in [-0.1, -0.05) is 23.4 Å². The van der Waals surface area contributed by atoms with Crippen LogP contribution in [-0.2, 0) is 14.8 Å². The Morgan fingerprint density at radius 2 is 2.12 bits per heavy atom. The standard InChI is InChI=1S/C16H21N3O4S/c1-3-22-12(2)15-17-16(23-18-15)14-10-7-11-19(14)24(20,21)13-8-5-4-6-9-13/h4-6,8-9,12,14H,3,7,10-11H2,1-2H3/t12?,14-/m1/s1. The quantitative estimate of drug-likeness (QED) is 0.795. The molecule has 0 saturated carbocycles. The van der Waals surface area contributed by atoms with E-state index in [1.807, 2.05) is 13.8 Å². The smallest absolute Gasteiger partial charge is 0.245 e. The van der Waals surface area contributed by atoms with Crippen LogP contribution in [0, 0.1) is 0 Å². The van der Waals surface area contributed by atoms with Crippen LogP contribution in [0.3, 0.4) is 0 Å². The summed E-state index contributed by atoms with van der Waals surface area (Å²) in [7, 11) is -3.58. The fourth-order valence-electron chi connectivity index (χ4n) is 2.87. The molecule has 1 unspecified atom stereocenters. The first-order valence-corrected chi connectivity index (χ1v) is 9.50. The lowest BCUT2D eigenvalue weighted by molar-refractivity contribution is 0.0683. The molecule has 0 amide bonds. The molecular formula is C16H21N3O4S. The van der Waals surface area contributed by atoms with Gasteiger partial charge in [0.15, 0.2) is 5.82 Å². The van der Waals surface area contributed by atoms with E-state index in [-0.39, 0.29) is 11.0 Å². The Kier molecular flexibility index (Phi) is 4.98. The zero-order valence-corrected chi connectivity index (χ0v) is 14.6. The van der Waals surface area contributed by atoms with Gasteiger partial charge in [-0.25, -0.2) is 8.42 Å². The summed E-state index contributed by atoms with van der Waals surface area (Å²) in [5.74, 6) is 0.768. The lowest BCUT2D eigenvalue weighted by atomic mass is 10.2. The van der Waals surface area contributed by atoms with Crippen molar-refractivity contribution in [1.82, 2.24) is 14.4 Å². The molecule has 0 N–H and O–H groups in total. The molecular weight excluding hydrogens is 330 g/mol. The number of aromatic nitrogens is 2. The Balaban J connectivity index is 1.86. The van der Waals surface area contributed by atoms with Gasteiger partial charge in [0.2, 0.25) is 15.9 Å². The first-order chi connectivity index (χ1) is 11.5. The number of ether oxygens (including phenoxy) is 1. The SMILES string of the molecule is CCOC(C)c1noc([C@H]2CCCN2S(=O)(=O)c2ccccc2)n1. The first-order valence-electron chi connectivity index (χ1n) is 8.06. The van der Waals surface area contributed by atoms with Crippen molar-refractivity contribution in [2.75, 3.05) is 13.2 Å². The predicted molar refractivity (Wildman–Crippen MR) is 86.6 cm³/mol. The highest BCUT2D eigenvalue weighted by molar-refractivity contribution is 7.89. The van der Waals surface area contributed by atoms with Crippen LogP contribution in [-0.4, -0.2) is 36.0 Å². The number of sulfonamides is 1. The van der Waals surface area contributed by atoms with E-state index in [2.05, 4.69) is 10.1 Å². The highest BCUT2D eigenvalue weighted by Crippen LogP contribution is 2.36. The Labute approximate surface area is 141 Å². The number of rotatable bonds is 6. The fraction of sp³-hybridized carbons (Fsp3) is 0.500. The molecule has 1 saturated heterocycles. The second-order valence-corrected chi connectivity index (χ2v) is 7.57. The zero-order valence-electron chi connectivity index (χ0n) is 13.8. The molecule has 0 radical (unpaired) electrons. The van der Waals surface area contributed by atoms with Gasteiger partial charge in [-0.2, -0.15) is 9.29 Å². The molecule has 7 nitrogen and oxygen atoms in total. The minimum atomic E-state index is -3.58. The van der Waals surface area contributed by atoms with E-state index in [4.69, 9.17) is 9.26 Å². The maximum atomic E-state index is 12.9. The molecule has 2 heterocycles. The van der Waals surface area contributed by atoms with Gasteiger partial charge in [0, 0.05) is 13.2 Å². The Bertz CT molecular complexity index is 776. The van der Waals surface area contributed by atoms with Crippen molar-refractivity contribution >= 4 is 10.0 Å². The summed E-state index contributed by atoms with van der Waals surface area (Å²) in [6.07, 6.45) is 1.14. The number of nitrogens with zero attached hydrogens (tertiary/aromatic N) is 3. The molecule has 130 valence electrons. The van der Waals surface area contributed by atoms with Gasteiger partial charge in [-0.3, -0.25) is 0 Å². The van der Waals surface area contributed by atoms with Gasteiger partial charge in [-0.05, 0) is 38.8 Å². The third-order valence-corrected chi connectivity index (χ3v) is 6.00. The second-order valence-electron chi connectivity index (χ2n) is 5.68. The Hall–Kier alpha value is -1.77. The van der Waals surface area contributed by atoms with Crippen molar-refractivity contribution in [3.05, 3.63) is 42.0 Å². The molecule has 1 aromatic heterocycles. The number of hydrogen-bond donors (Lipinski definition) is 0. The van der Waals surface area contributed by atoms with Crippen molar-refractivity contribution in [3.63, 3.8) is 0 Å². The van der Waals surface area contributed by atoms with Gasteiger partial charge in [0.05, 0.1) is 4.90 Å². The zero-order chi connectivity index (χ0) is 17.2. The normalized spacial score (nSPS) is 20.3. The third-order valence-electron chi connectivity index (χ3n) is 4.08. The van der Waals surface area contributed by atoms with Crippen molar-refractivity contribution < 1.29 is 17.7 Å². The molecule has 1 aliphatic rings. The Morgan fingerprint density at radius 3 is 2.83 bits per heavy atom. The van der Waals surface area contributed by atoms with Crippen LogP contribution in [0.25, 0.3) is 0 Å². The van der Waals surface area contributed by atoms with Crippen LogP contribution < -0.4 is 0 Å².